The third-order valence-electron chi connectivity index (χ3n) is 3.39. The smallest absolute Gasteiger partial charge is 0.119 e. The van der Waals surface area contributed by atoms with Crippen molar-refractivity contribution in [3.05, 3.63) is 29.8 Å². The van der Waals surface area contributed by atoms with Crippen molar-refractivity contribution in [1.82, 2.24) is 0 Å². The van der Waals surface area contributed by atoms with Gasteiger partial charge in [-0.25, -0.2) is 0 Å². The summed E-state index contributed by atoms with van der Waals surface area (Å²) in [5.41, 5.74) is 7.05. The Hall–Kier alpha value is -1.02. The predicted molar refractivity (Wildman–Crippen MR) is 73.5 cm³/mol. The standard InChI is InChI=1S/C15H25NO/c1-4-15(2,3)13-7-9-14(10-8-13)17-12-6-5-11-16/h7-10H,4-6,11-12,16H2,1-3H3. The molecule has 0 aliphatic heterocycles. The molecular formula is C15H25NO. The summed E-state index contributed by atoms with van der Waals surface area (Å²) in [7, 11) is 0. The maximum Gasteiger partial charge on any atom is 0.119 e. The summed E-state index contributed by atoms with van der Waals surface area (Å²) in [6.07, 6.45) is 3.20. The zero-order valence-electron chi connectivity index (χ0n) is 11.3. The SMILES string of the molecule is CCC(C)(C)c1ccc(OCCCCN)cc1. The maximum atomic E-state index is 5.65. The molecule has 1 aromatic carbocycles. The van der Waals surface area contributed by atoms with Crippen LogP contribution in [0.1, 0.15) is 45.6 Å². The van der Waals surface area contributed by atoms with Crippen LogP contribution in [0.25, 0.3) is 0 Å². The van der Waals surface area contributed by atoms with Crippen LogP contribution in [0.3, 0.4) is 0 Å². The number of unbranched alkanes of at least 4 members (excludes halogenated alkanes) is 1. The van der Waals surface area contributed by atoms with Crippen molar-refractivity contribution in [2.45, 2.75) is 45.4 Å². The number of hydrogen-bond acceptors (Lipinski definition) is 2. The molecule has 0 fully saturated rings. The first kappa shape index (κ1) is 14.0. The van der Waals surface area contributed by atoms with Crippen LogP contribution in [0.15, 0.2) is 24.3 Å². The van der Waals surface area contributed by atoms with Crippen LogP contribution in [-0.4, -0.2) is 13.2 Å². The van der Waals surface area contributed by atoms with Crippen molar-refractivity contribution in [3.63, 3.8) is 0 Å². The van der Waals surface area contributed by atoms with Crippen LogP contribution in [0, 0.1) is 0 Å². The molecular weight excluding hydrogens is 210 g/mol. The Kier molecular flexibility index (Phi) is 5.49. The molecule has 0 bridgehead atoms. The van der Waals surface area contributed by atoms with E-state index < -0.39 is 0 Å². The normalized spacial score (nSPS) is 11.5. The van der Waals surface area contributed by atoms with Gasteiger partial charge < -0.3 is 10.5 Å². The Morgan fingerprint density at radius 2 is 1.76 bits per heavy atom. The summed E-state index contributed by atoms with van der Waals surface area (Å²) in [5, 5.41) is 0. The van der Waals surface area contributed by atoms with E-state index in [1.54, 1.807) is 0 Å². The summed E-state index contributed by atoms with van der Waals surface area (Å²) in [4.78, 5) is 0. The molecule has 1 aromatic rings. The van der Waals surface area contributed by atoms with Gasteiger partial charge in [-0.3, -0.25) is 0 Å². The second kappa shape index (κ2) is 6.65. The van der Waals surface area contributed by atoms with Crippen molar-refractivity contribution in [1.29, 1.82) is 0 Å². The van der Waals surface area contributed by atoms with E-state index in [-0.39, 0.29) is 5.41 Å². The Morgan fingerprint density at radius 1 is 1.12 bits per heavy atom. The number of rotatable bonds is 7. The number of benzene rings is 1. The van der Waals surface area contributed by atoms with Crippen molar-refractivity contribution in [3.8, 4) is 5.75 Å². The van der Waals surface area contributed by atoms with Gasteiger partial charge in [-0.15, -0.1) is 0 Å². The molecule has 0 unspecified atom stereocenters. The molecule has 0 radical (unpaired) electrons. The molecule has 2 N–H and O–H groups in total. The molecule has 2 heteroatoms. The largest absolute Gasteiger partial charge is 0.494 e. The van der Waals surface area contributed by atoms with E-state index in [9.17, 15) is 0 Å². The van der Waals surface area contributed by atoms with Crippen LogP contribution in [0.5, 0.6) is 5.75 Å². The molecule has 0 heterocycles. The first-order valence-corrected chi connectivity index (χ1v) is 6.53. The molecule has 0 atom stereocenters. The van der Waals surface area contributed by atoms with E-state index in [1.165, 1.54) is 5.56 Å². The predicted octanol–water partition coefficient (Wildman–Crippen LogP) is 3.49. The summed E-state index contributed by atoms with van der Waals surface area (Å²) in [6, 6.07) is 8.47. The highest BCUT2D eigenvalue weighted by Crippen LogP contribution is 2.27. The maximum absolute atomic E-state index is 5.65. The van der Waals surface area contributed by atoms with Crippen molar-refractivity contribution in [2.75, 3.05) is 13.2 Å². The lowest BCUT2D eigenvalue weighted by molar-refractivity contribution is 0.307. The fraction of sp³-hybridized carbons (Fsp3) is 0.600. The highest BCUT2D eigenvalue weighted by Gasteiger charge is 2.17. The summed E-state index contributed by atoms with van der Waals surface area (Å²) in [5.74, 6) is 0.956. The molecule has 96 valence electrons. The van der Waals surface area contributed by atoms with Gasteiger partial charge >= 0.3 is 0 Å². The minimum Gasteiger partial charge on any atom is -0.494 e. The van der Waals surface area contributed by atoms with Crippen LogP contribution >= 0.6 is 0 Å². The van der Waals surface area contributed by atoms with Crippen LogP contribution in [-0.2, 0) is 5.41 Å². The molecule has 17 heavy (non-hydrogen) atoms. The van der Waals surface area contributed by atoms with E-state index in [0.29, 0.717) is 0 Å². The molecule has 0 aromatic heterocycles. The number of ether oxygens (including phenoxy) is 1. The quantitative estimate of drug-likeness (QED) is 0.734. The Balaban J connectivity index is 2.50. The monoisotopic (exact) mass is 235 g/mol. The first-order valence-electron chi connectivity index (χ1n) is 6.53. The summed E-state index contributed by atoms with van der Waals surface area (Å²) in [6.45, 7) is 8.26. The topological polar surface area (TPSA) is 35.2 Å². The molecule has 0 aliphatic rings. The molecule has 0 saturated carbocycles. The van der Waals surface area contributed by atoms with Gasteiger partial charge in [-0.05, 0) is 48.9 Å². The Labute approximate surface area is 105 Å². The first-order chi connectivity index (χ1) is 8.10. The summed E-state index contributed by atoms with van der Waals surface area (Å²) >= 11 is 0. The average molecular weight is 235 g/mol. The number of nitrogens with two attached hydrogens (primary N) is 1. The fourth-order valence-corrected chi connectivity index (χ4v) is 1.64. The van der Waals surface area contributed by atoms with Crippen molar-refractivity contribution < 1.29 is 4.74 Å². The van der Waals surface area contributed by atoms with Gasteiger partial charge in [0.25, 0.3) is 0 Å². The van der Waals surface area contributed by atoms with E-state index in [1.807, 2.05) is 0 Å². The van der Waals surface area contributed by atoms with Gasteiger partial charge in [-0.1, -0.05) is 32.9 Å². The Morgan fingerprint density at radius 3 is 2.29 bits per heavy atom. The van der Waals surface area contributed by atoms with Crippen LogP contribution in [0.2, 0.25) is 0 Å². The molecule has 0 amide bonds. The molecule has 0 spiro atoms. The molecule has 0 saturated heterocycles. The van der Waals surface area contributed by atoms with Crippen molar-refractivity contribution in [2.24, 2.45) is 5.73 Å². The second-order valence-electron chi connectivity index (χ2n) is 5.11. The van der Waals surface area contributed by atoms with E-state index >= 15 is 0 Å². The van der Waals surface area contributed by atoms with Gasteiger partial charge in [0.1, 0.15) is 5.75 Å². The fourth-order valence-electron chi connectivity index (χ4n) is 1.64. The molecule has 0 aliphatic carbocycles. The van der Waals surface area contributed by atoms with Gasteiger partial charge in [0.05, 0.1) is 6.61 Å². The lowest BCUT2D eigenvalue weighted by Crippen LogP contribution is -2.15. The minimum absolute atomic E-state index is 0.248. The van der Waals surface area contributed by atoms with Gasteiger partial charge in [0.2, 0.25) is 0 Å². The van der Waals surface area contributed by atoms with Gasteiger partial charge in [-0.2, -0.15) is 0 Å². The van der Waals surface area contributed by atoms with Gasteiger partial charge in [0, 0.05) is 0 Å². The number of hydrogen-bond donors (Lipinski definition) is 1. The van der Waals surface area contributed by atoms with Gasteiger partial charge in [0.15, 0.2) is 0 Å². The molecule has 2 nitrogen and oxygen atoms in total. The lowest BCUT2D eigenvalue weighted by Gasteiger charge is -2.23. The summed E-state index contributed by atoms with van der Waals surface area (Å²) < 4.78 is 5.65. The van der Waals surface area contributed by atoms with E-state index in [4.69, 9.17) is 10.5 Å². The highest BCUT2D eigenvalue weighted by molar-refractivity contribution is 5.31. The lowest BCUT2D eigenvalue weighted by atomic mass is 9.82. The minimum atomic E-state index is 0.248. The second-order valence-corrected chi connectivity index (χ2v) is 5.11. The third kappa shape index (κ3) is 4.39. The molecule has 1 rings (SSSR count). The van der Waals surface area contributed by atoms with Crippen LogP contribution in [0.4, 0.5) is 0 Å². The Bertz CT molecular complexity index is 316. The zero-order valence-corrected chi connectivity index (χ0v) is 11.3. The highest BCUT2D eigenvalue weighted by atomic mass is 16.5. The van der Waals surface area contributed by atoms with E-state index in [2.05, 4.69) is 45.0 Å². The zero-order chi connectivity index (χ0) is 12.7. The van der Waals surface area contributed by atoms with Crippen molar-refractivity contribution >= 4 is 0 Å². The van der Waals surface area contributed by atoms with E-state index in [0.717, 1.165) is 38.2 Å². The third-order valence-corrected chi connectivity index (χ3v) is 3.39. The average Bonchev–Trinajstić information content (AvgIpc) is 2.35. The van der Waals surface area contributed by atoms with Crippen LogP contribution < -0.4 is 10.5 Å².